The van der Waals surface area contributed by atoms with E-state index in [4.69, 9.17) is 4.74 Å². The monoisotopic (exact) mass is 357 g/mol. The molecule has 0 aliphatic heterocycles. The van der Waals surface area contributed by atoms with Crippen LogP contribution in [0, 0.1) is 10.1 Å². The van der Waals surface area contributed by atoms with Gasteiger partial charge in [0, 0.05) is 38.0 Å². The highest BCUT2D eigenvalue weighted by atomic mass is 16.6. The average Bonchev–Trinajstić information content (AvgIpc) is 2.64. The maximum Gasteiger partial charge on any atom is 0.311 e. The number of nitro benzene ring substituents is 1. The van der Waals surface area contributed by atoms with Crippen molar-refractivity contribution in [2.75, 3.05) is 25.6 Å². The van der Waals surface area contributed by atoms with Gasteiger partial charge in [-0.3, -0.25) is 19.7 Å². The lowest BCUT2D eigenvalue weighted by Crippen LogP contribution is -2.28. The van der Waals surface area contributed by atoms with E-state index >= 15 is 0 Å². The van der Waals surface area contributed by atoms with E-state index < -0.39 is 10.8 Å². The maximum absolute atomic E-state index is 11.9. The van der Waals surface area contributed by atoms with E-state index in [-0.39, 0.29) is 23.6 Å². The molecule has 0 radical (unpaired) electrons. The summed E-state index contributed by atoms with van der Waals surface area (Å²) in [5, 5.41) is 13.7. The predicted molar refractivity (Wildman–Crippen MR) is 96.6 cm³/mol. The molecule has 0 saturated carbocycles. The molecule has 0 unspecified atom stereocenters. The van der Waals surface area contributed by atoms with Gasteiger partial charge in [0.2, 0.25) is 0 Å². The Kier molecular flexibility index (Phi) is 6.26. The number of carbonyl (C=O) groups is 2. The van der Waals surface area contributed by atoms with Crippen molar-refractivity contribution >= 4 is 23.6 Å². The van der Waals surface area contributed by atoms with Crippen LogP contribution in [-0.2, 0) is 11.3 Å². The molecular weight excluding hydrogens is 338 g/mol. The zero-order valence-corrected chi connectivity index (χ0v) is 14.5. The molecule has 0 bridgehead atoms. The standard InChI is InChI=1S/C18H19N3O5/c1-20(2)15-6-3-13(4-7-15)10-19-18(23)12-26-17-8-5-14(11-22)9-16(17)21(24)25/h3-9,11H,10,12H2,1-2H3,(H,19,23). The number of benzene rings is 2. The Balaban J connectivity index is 1.90. The van der Waals surface area contributed by atoms with E-state index in [0.717, 1.165) is 17.3 Å². The van der Waals surface area contributed by atoms with Crippen molar-refractivity contribution in [1.29, 1.82) is 0 Å². The van der Waals surface area contributed by atoms with Gasteiger partial charge in [-0.2, -0.15) is 0 Å². The molecule has 0 aliphatic carbocycles. The molecular formula is C18H19N3O5. The highest BCUT2D eigenvalue weighted by Crippen LogP contribution is 2.27. The summed E-state index contributed by atoms with van der Waals surface area (Å²) in [5.41, 5.74) is 1.77. The quantitative estimate of drug-likeness (QED) is 0.441. The first-order valence-corrected chi connectivity index (χ1v) is 7.80. The van der Waals surface area contributed by atoms with Gasteiger partial charge >= 0.3 is 5.69 Å². The molecule has 2 aromatic rings. The number of nitro groups is 1. The number of carbonyl (C=O) groups excluding carboxylic acids is 2. The highest BCUT2D eigenvalue weighted by molar-refractivity contribution is 5.79. The molecule has 0 saturated heterocycles. The topological polar surface area (TPSA) is 102 Å². The minimum atomic E-state index is -0.660. The summed E-state index contributed by atoms with van der Waals surface area (Å²) in [6.45, 7) is -0.0425. The van der Waals surface area contributed by atoms with Crippen LogP contribution >= 0.6 is 0 Å². The summed E-state index contributed by atoms with van der Waals surface area (Å²) in [6, 6.07) is 11.5. The number of rotatable bonds is 8. The van der Waals surface area contributed by atoms with Crippen molar-refractivity contribution in [1.82, 2.24) is 5.32 Å². The van der Waals surface area contributed by atoms with Gasteiger partial charge in [-0.15, -0.1) is 0 Å². The fourth-order valence-corrected chi connectivity index (χ4v) is 2.18. The van der Waals surface area contributed by atoms with E-state index in [2.05, 4.69) is 5.32 Å². The average molecular weight is 357 g/mol. The fraction of sp³-hybridized carbons (Fsp3) is 0.222. The second-order valence-corrected chi connectivity index (χ2v) is 5.73. The summed E-state index contributed by atoms with van der Waals surface area (Å²) < 4.78 is 5.22. The minimum Gasteiger partial charge on any atom is -0.477 e. The van der Waals surface area contributed by atoms with Crippen LogP contribution in [0.1, 0.15) is 15.9 Å². The number of ether oxygens (including phenoxy) is 1. The Morgan fingerprint density at radius 2 is 1.92 bits per heavy atom. The van der Waals surface area contributed by atoms with Crippen LogP contribution in [0.3, 0.4) is 0 Å². The van der Waals surface area contributed by atoms with Crippen LogP contribution in [0.5, 0.6) is 5.75 Å². The largest absolute Gasteiger partial charge is 0.477 e. The number of nitrogens with zero attached hydrogens (tertiary/aromatic N) is 2. The lowest BCUT2D eigenvalue weighted by Gasteiger charge is -2.13. The van der Waals surface area contributed by atoms with Crippen LogP contribution in [0.25, 0.3) is 0 Å². The molecule has 136 valence electrons. The van der Waals surface area contributed by atoms with E-state index in [9.17, 15) is 19.7 Å². The molecule has 0 spiro atoms. The van der Waals surface area contributed by atoms with Gasteiger partial charge in [0.15, 0.2) is 12.4 Å². The van der Waals surface area contributed by atoms with E-state index in [1.807, 2.05) is 43.3 Å². The Labute approximate surface area is 150 Å². The summed E-state index contributed by atoms with van der Waals surface area (Å²) in [7, 11) is 3.88. The number of anilines is 1. The first kappa shape index (κ1) is 18.9. The van der Waals surface area contributed by atoms with Gasteiger partial charge in [-0.05, 0) is 29.8 Å². The summed E-state index contributed by atoms with van der Waals surface area (Å²) >= 11 is 0. The van der Waals surface area contributed by atoms with Gasteiger partial charge in [0.05, 0.1) is 4.92 Å². The second kappa shape index (κ2) is 8.61. The molecule has 8 nitrogen and oxygen atoms in total. The third-order valence-electron chi connectivity index (χ3n) is 3.62. The fourth-order valence-electron chi connectivity index (χ4n) is 2.18. The van der Waals surface area contributed by atoms with Crippen molar-refractivity contribution in [2.24, 2.45) is 0 Å². The second-order valence-electron chi connectivity index (χ2n) is 5.73. The molecule has 0 atom stereocenters. The van der Waals surface area contributed by atoms with Crippen molar-refractivity contribution in [2.45, 2.75) is 6.54 Å². The van der Waals surface area contributed by atoms with Crippen molar-refractivity contribution in [3.63, 3.8) is 0 Å². The van der Waals surface area contributed by atoms with Crippen LogP contribution in [0.2, 0.25) is 0 Å². The number of hydrogen-bond donors (Lipinski definition) is 1. The van der Waals surface area contributed by atoms with Crippen molar-refractivity contribution in [3.05, 3.63) is 63.7 Å². The van der Waals surface area contributed by atoms with Crippen LogP contribution < -0.4 is 15.0 Å². The lowest BCUT2D eigenvalue weighted by atomic mass is 10.2. The van der Waals surface area contributed by atoms with Crippen LogP contribution in [0.4, 0.5) is 11.4 Å². The number of amides is 1. The minimum absolute atomic E-state index is 0.0638. The van der Waals surface area contributed by atoms with Gasteiger partial charge in [0.25, 0.3) is 5.91 Å². The molecule has 26 heavy (non-hydrogen) atoms. The van der Waals surface area contributed by atoms with E-state index in [1.54, 1.807) is 0 Å². The smallest absolute Gasteiger partial charge is 0.311 e. The Hall–Kier alpha value is -3.42. The summed E-state index contributed by atoms with van der Waals surface area (Å²) in [5.74, 6) is -0.471. The van der Waals surface area contributed by atoms with Gasteiger partial charge < -0.3 is 15.0 Å². The van der Waals surface area contributed by atoms with Gasteiger partial charge in [-0.1, -0.05) is 12.1 Å². The van der Waals surface area contributed by atoms with E-state index in [0.29, 0.717) is 12.8 Å². The SMILES string of the molecule is CN(C)c1ccc(CNC(=O)COc2ccc(C=O)cc2[N+](=O)[O-])cc1. The molecule has 1 amide bonds. The summed E-state index contributed by atoms with van der Waals surface area (Å²) in [4.78, 5) is 34.9. The normalized spacial score (nSPS) is 10.1. The lowest BCUT2D eigenvalue weighted by molar-refractivity contribution is -0.385. The maximum atomic E-state index is 11.9. The molecule has 8 heteroatoms. The van der Waals surface area contributed by atoms with E-state index in [1.165, 1.54) is 12.1 Å². The Bertz CT molecular complexity index is 803. The molecule has 2 rings (SSSR count). The van der Waals surface area contributed by atoms with Gasteiger partial charge in [0.1, 0.15) is 6.29 Å². The first-order chi connectivity index (χ1) is 12.4. The zero-order chi connectivity index (χ0) is 19.1. The molecule has 1 N–H and O–H groups in total. The highest BCUT2D eigenvalue weighted by Gasteiger charge is 2.17. The molecule has 0 aliphatic rings. The summed E-state index contributed by atoms with van der Waals surface area (Å²) in [6.07, 6.45) is 0.505. The molecule has 2 aromatic carbocycles. The van der Waals surface area contributed by atoms with Crippen molar-refractivity contribution < 1.29 is 19.2 Å². The molecule has 0 heterocycles. The Morgan fingerprint density at radius 3 is 2.50 bits per heavy atom. The third-order valence-corrected chi connectivity index (χ3v) is 3.62. The predicted octanol–water partition coefficient (Wildman–Crippen LogP) is 2.17. The first-order valence-electron chi connectivity index (χ1n) is 7.80. The molecule has 0 aromatic heterocycles. The number of hydrogen-bond acceptors (Lipinski definition) is 6. The van der Waals surface area contributed by atoms with Crippen LogP contribution in [-0.4, -0.2) is 37.8 Å². The van der Waals surface area contributed by atoms with Crippen LogP contribution in [0.15, 0.2) is 42.5 Å². The van der Waals surface area contributed by atoms with Crippen molar-refractivity contribution in [3.8, 4) is 5.75 Å². The van der Waals surface area contributed by atoms with Gasteiger partial charge in [-0.25, -0.2) is 0 Å². The zero-order valence-electron chi connectivity index (χ0n) is 14.5. The number of aldehydes is 1. The molecule has 0 fully saturated rings. The Morgan fingerprint density at radius 1 is 1.23 bits per heavy atom. The number of nitrogens with one attached hydrogen (secondary N) is 1. The third kappa shape index (κ3) is 5.04.